The molecule has 0 bridgehead atoms. The minimum absolute atomic E-state index is 0.00462. The second-order valence-electron chi connectivity index (χ2n) is 6.25. The molecule has 1 aromatic heterocycles. The molecule has 1 amide bonds. The van der Waals surface area contributed by atoms with E-state index in [1.807, 2.05) is 31.2 Å². The van der Waals surface area contributed by atoms with Gasteiger partial charge in [-0.2, -0.15) is 0 Å². The maximum absolute atomic E-state index is 12.8. The van der Waals surface area contributed by atoms with Crippen molar-refractivity contribution >= 4 is 11.9 Å². The zero-order chi connectivity index (χ0) is 18.1. The number of benzene rings is 1. The molecule has 2 heterocycles. The molecule has 2 atom stereocenters. The number of nitrogens with zero attached hydrogens (tertiary/aromatic N) is 4. The Labute approximate surface area is 145 Å². The van der Waals surface area contributed by atoms with Crippen molar-refractivity contribution in [2.75, 3.05) is 13.1 Å². The fourth-order valence-electron chi connectivity index (χ4n) is 2.86. The van der Waals surface area contributed by atoms with Crippen molar-refractivity contribution in [2.45, 2.75) is 33.0 Å². The minimum atomic E-state index is -1.08. The van der Waals surface area contributed by atoms with E-state index in [0.717, 1.165) is 11.3 Å². The molecule has 1 fully saturated rings. The number of aliphatic carboxylic acids is 1. The number of hydrogen-bond donors (Lipinski definition) is 1. The average Bonchev–Trinajstić information content (AvgIpc) is 2.96. The summed E-state index contributed by atoms with van der Waals surface area (Å²) in [5.74, 6) is -1.42. The number of hydrogen-bond acceptors (Lipinski definition) is 5. The molecule has 1 saturated heterocycles. The number of morpholine rings is 1. The summed E-state index contributed by atoms with van der Waals surface area (Å²) in [6, 6.07) is 7.73. The molecule has 0 aliphatic carbocycles. The van der Waals surface area contributed by atoms with E-state index in [1.54, 1.807) is 18.5 Å². The van der Waals surface area contributed by atoms with Crippen LogP contribution in [0.15, 0.2) is 24.3 Å². The van der Waals surface area contributed by atoms with Gasteiger partial charge >= 0.3 is 5.97 Å². The Balaban J connectivity index is 1.85. The van der Waals surface area contributed by atoms with Crippen molar-refractivity contribution in [1.29, 1.82) is 0 Å². The van der Waals surface area contributed by atoms with Crippen LogP contribution in [0.1, 0.15) is 28.7 Å². The van der Waals surface area contributed by atoms with E-state index in [1.165, 1.54) is 4.90 Å². The lowest BCUT2D eigenvalue weighted by molar-refractivity contribution is -0.160. The van der Waals surface area contributed by atoms with Crippen molar-refractivity contribution in [2.24, 2.45) is 0 Å². The molecule has 3 rings (SSSR count). The van der Waals surface area contributed by atoms with E-state index < -0.39 is 12.1 Å². The summed E-state index contributed by atoms with van der Waals surface area (Å²) in [5, 5.41) is 17.3. The highest BCUT2D eigenvalue weighted by Crippen LogP contribution is 2.18. The Hall–Kier alpha value is -2.74. The maximum atomic E-state index is 12.8. The van der Waals surface area contributed by atoms with Crippen LogP contribution in [0.5, 0.6) is 0 Å². The first-order valence-corrected chi connectivity index (χ1v) is 8.03. The summed E-state index contributed by atoms with van der Waals surface area (Å²) in [6.45, 7) is 5.82. The summed E-state index contributed by atoms with van der Waals surface area (Å²) >= 11 is 0. The van der Waals surface area contributed by atoms with Crippen LogP contribution in [0.2, 0.25) is 0 Å². The number of amides is 1. The van der Waals surface area contributed by atoms with Crippen LogP contribution in [-0.2, 0) is 9.53 Å². The van der Waals surface area contributed by atoms with Gasteiger partial charge in [0.15, 0.2) is 11.8 Å². The van der Waals surface area contributed by atoms with Crippen molar-refractivity contribution < 1.29 is 19.4 Å². The van der Waals surface area contributed by atoms with Crippen molar-refractivity contribution in [1.82, 2.24) is 19.9 Å². The van der Waals surface area contributed by atoms with Gasteiger partial charge in [-0.05, 0) is 32.9 Å². The lowest BCUT2D eigenvalue weighted by atomic mass is 10.2. The summed E-state index contributed by atoms with van der Waals surface area (Å²) in [5.41, 5.74) is 2.77. The summed E-state index contributed by atoms with van der Waals surface area (Å²) in [4.78, 5) is 25.4. The van der Waals surface area contributed by atoms with E-state index in [0.29, 0.717) is 12.2 Å². The average molecular weight is 344 g/mol. The monoisotopic (exact) mass is 344 g/mol. The number of ether oxygens (including phenoxy) is 1. The van der Waals surface area contributed by atoms with Gasteiger partial charge < -0.3 is 14.7 Å². The molecule has 0 radical (unpaired) electrons. The molecule has 8 nitrogen and oxygen atoms in total. The highest BCUT2D eigenvalue weighted by molar-refractivity contribution is 5.93. The molecule has 25 heavy (non-hydrogen) atoms. The van der Waals surface area contributed by atoms with Gasteiger partial charge in [-0.1, -0.05) is 22.9 Å². The van der Waals surface area contributed by atoms with Gasteiger partial charge in [0.05, 0.1) is 24.0 Å². The molecule has 132 valence electrons. The lowest BCUT2D eigenvalue weighted by Crippen LogP contribution is -2.52. The molecule has 1 aliphatic heterocycles. The molecule has 1 aromatic carbocycles. The van der Waals surface area contributed by atoms with Crippen LogP contribution in [0, 0.1) is 13.8 Å². The first kappa shape index (κ1) is 17.1. The van der Waals surface area contributed by atoms with Crippen LogP contribution < -0.4 is 0 Å². The quantitative estimate of drug-likeness (QED) is 0.898. The predicted octanol–water partition coefficient (Wildman–Crippen LogP) is 1.20. The van der Waals surface area contributed by atoms with E-state index >= 15 is 0 Å². The van der Waals surface area contributed by atoms with E-state index in [2.05, 4.69) is 10.3 Å². The Morgan fingerprint density at radius 3 is 2.52 bits per heavy atom. The normalized spacial score (nSPS) is 20.5. The number of carboxylic acids is 1. The van der Waals surface area contributed by atoms with Gasteiger partial charge in [-0.25, -0.2) is 9.48 Å². The van der Waals surface area contributed by atoms with Crippen LogP contribution in [0.3, 0.4) is 0 Å². The lowest BCUT2D eigenvalue weighted by Gasteiger charge is -2.34. The Kier molecular flexibility index (Phi) is 4.54. The molecule has 1 aliphatic rings. The zero-order valence-corrected chi connectivity index (χ0v) is 14.3. The van der Waals surface area contributed by atoms with Crippen LogP contribution in [-0.4, -0.2) is 62.2 Å². The van der Waals surface area contributed by atoms with Gasteiger partial charge in [0.25, 0.3) is 5.91 Å². The number of rotatable bonds is 3. The molecule has 0 saturated carbocycles. The summed E-state index contributed by atoms with van der Waals surface area (Å²) in [6.07, 6.45) is -1.38. The van der Waals surface area contributed by atoms with Gasteiger partial charge in [-0.3, -0.25) is 4.79 Å². The third-order valence-electron chi connectivity index (χ3n) is 4.20. The van der Waals surface area contributed by atoms with Crippen molar-refractivity contribution in [3.63, 3.8) is 0 Å². The SMILES string of the molecule is Cc1ccc(-n2nnc(C(=O)N3CC(C(=O)O)O[C@H](C)C3)c2C)cc1. The highest BCUT2D eigenvalue weighted by Gasteiger charge is 2.34. The second-order valence-corrected chi connectivity index (χ2v) is 6.25. The van der Waals surface area contributed by atoms with Crippen molar-refractivity contribution in [3.05, 3.63) is 41.2 Å². The van der Waals surface area contributed by atoms with Gasteiger partial charge in [0, 0.05) is 6.54 Å². The van der Waals surface area contributed by atoms with Crippen LogP contribution in [0.25, 0.3) is 5.69 Å². The fourth-order valence-corrected chi connectivity index (χ4v) is 2.86. The number of carboxylic acid groups (broad SMARTS) is 1. The highest BCUT2D eigenvalue weighted by atomic mass is 16.5. The topological polar surface area (TPSA) is 97.6 Å². The molecular formula is C17H20N4O4. The Morgan fingerprint density at radius 1 is 1.20 bits per heavy atom. The molecule has 0 spiro atoms. The van der Waals surface area contributed by atoms with Gasteiger partial charge in [0.2, 0.25) is 0 Å². The molecular weight excluding hydrogens is 324 g/mol. The molecule has 2 aromatic rings. The van der Waals surface area contributed by atoms with E-state index in [-0.39, 0.29) is 24.2 Å². The first-order chi connectivity index (χ1) is 11.9. The summed E-state index contributed by atoms with van der Waals surface area (Å²) < 4.78 is 6.95. The predicted molar refractivity (Wildman–Crippen MR) is 88.7 cm³/mol. The summed E-state index contributed by atoms with van der Waals surface area (Å²) in [7, 11) is 0. The molecule has 1 unspecified atom stereocenters. The Morgan fingerprint density at radius 2 is 1.88 bits per heavy atom. The number of aryl methyl sites for hydroxylation is 1. The van der Waals surface area contributed by atoms with Gasteiger partial charge in [-0.15, -0.1) is 5.10 Å². The van der Waals surface area contributed by atoms with Crippen LogP contribution in [0.4, 0.5) is 0 Å². The van der Waals surface area contributed by atoms with Gasteiger partial charge in [0.1, 0.15) is 0 Å². The third kappa shape index (κ3) is 3.39. The number of aromatic nitrogens is 3. The maximum Gasteiger partial charge on any atom is 0.334 e. The second kappa shape index (κ2) is 6.64. The van der Waals surface area contributed by atoms with Crippen LogP contribution >= 0.6 is 0 Å². The van der Waals surface area contributed by atoms with E-state index in [4.69, 9.17) is 9.84 Å². The molecule has 8 heteroatoms. The Bertz CT molecular complexity index is 799. The zero-order valence-electron chi connectivity index (χ0n) is 14.3. The number of carbonyl (C=O) groups excluding carboxylic acids is 1. The standard InChI is InChI=1S/C17H20N4O4/c1-10-4-6-13(7-5-10)21-12(3)15(18-19-21)16(22)20-8-11(2)25-14(9-20)17(23)24/h4-7,11,14H,8-9H2,1-3H3,(H,23,24)/t11-,14?/m1/s1. The minimum Gasteiger partial charge on any atom is -0.479 e. The number of carbonyl (C=O) groups is 2. The van der Waals surface area contributed by atoms with E-state index in [9.17, 15) is 9.59 Å². The molecule has 1 N–H and O–H groups in total. The first-order valence-electron chi connectivity index (χ1n) is 8.03. The fraction of sp³-hybridized carbons (Fsp3) is 0.412. The largest absolute Gasteiger partial charge is 0.479 e. The smallest absolute Gasteiger partial charge is 0.334 e. The van der Waals surface area contributed by atoms with Crippen molar-refractivity contribution in [3.8, 4) is 5.69 Å². The third-order valence-corrected chi connectivity index (χ3v) is 4.20.